The zero-order chi connectivity index (χ0) is 28.4. The Morgan fingerprint density at radius 3 is 2.55 bits per heavy atom. The molecule has 3 N–H and O–H groups in total. The summed E-state index contributed by atoms with van der Waals surface area (Å²) in [6, 6.07) is 11.9. The molecule has 210 valence electrons. The number of thiazole rings is 1. The smallest absolute Gasteiger partial charge is 0.149 e. The molecule has 1 aliphatic carbocycles. The van der Waals surface area contributed by atoms with E-state index >= 15 is 0 Å². The van der Waals surface area contributed by atoms with Gasteiger partial charge in [0.15, 0.2) is 0 Å². The van der Waals surface area contributed by atoms with E-state index in [0.717, 1.165) is 46.2 Å². The lowest BCUT2D eigenvalue weighted by atomic mass is 9.72. The summed E-state index contributed by atoms with van der Waals surface area (Å²) < 4.78 is 26.1. The molecule has 2 aromatic carbocycles. The molecule has 0 bridgehead atoms. The van der Waals surface area contributed by atoms with Crippen LogP contribution in [0.4, 0.5) is 4.39 Å². The van der Waals surface area contributed by atoms with Crippen LogP contribution >= 0.6 is 11.3 Å². The third-order valence-corrected chi connectivity index (χ3v) is 7.72. The Morgan fingerprint density at radius 1 is 1.18 bits per heavy atom. The summed E-state index contributed by atoms with van der Waals surface area (Å²) in [6.07, 6.45) is 6.90. The molecule has 0 radical (unpaired) electrons. The number of hydrogen-bond acceptors (Lipinski definition) is 9. The second kappa shape index (κ2) is 11.3. The molecule has 1 fully saturated rings. The number of hydrogen-bond donors (Lipinski definition) is 2. The molecule has 40 heavy (non-hydrogen) atoms. The van der Waals surface area contributed by atoms with Gasteiger partial charge in [0, 0.05) is 63.0 Å². The van der Waals surface area contributed by atoms with Crippen LogP contribution in [0, 0.1) is 18.7 Å². The van der Waals surface area contributed by atoms with Crippen molar-refractivity contribution in [3.8, 4) is 17.2 Å². The minimum atomic E-state index is -0.594. The lowest BCUT2D eigenvalue weighted by Crippen LogP contribution is -2.46. The van der Waals surface area contributed by atoms with Crippen molar-refractivity contribution in [2.75, 3.05) is 20.6 Å². The molecular weight excluding hydrogens is 529 g/mol. The van der Waals surface area contributed by atoms with Gasteiger partial charge < -0.3 is 30.1 Å². The van der Waals surface area contributed by atoms with Crippen LogP contribution in [0.3, 0.4) is 0 Å². The summed E-state index contributed by atoms with van der Waals surface area (Å²) in [4.78, 5) is 13.7. The van der Waals surface area contributed by atoms with Crippen molar-refractivity contribution in [3.63, 3.8) is 0 Å². The number of amidine groups is 1. The molecule has 2 aliphatic rings. The van der Waals surface area contributed by atoms with Crippen LogP contribution in [-0.2, 0) is 6.61 Å². The molecule has 0 unspecified atom stereocenters. The first-order valence-electron chi connectivity index (χ1n) is 13.1. The Bertz CT molecular complexity index is 1450. The first-order chi connectivity index (χ1) is 19.1. The number of rotatable bonds is 9. The fraction of sp³-hybridized carbons (Fsp3) is 0.333. The molecule has 5 rings (SSSR count). The van der Waals surface area contributed by atoms with Crippen LogP contribution in [0.25, 0.3) is 5.70 Å². The molecule has 1 aromatic heterocycles. The maximum atomic E-state index is 14.3. The van der Waals surface area contributed by atoms with Gasteiger partial charge in [-0.15, -0.1) is 11.3 Å². The number of aliphatic hydroxyl groups is 1. The van der Waals surface area contributed by atoms with Crippen LogP contribution in [0.15, 0.2) is 71.8 Å². The third-order valence-electron chi connectivity index (χ3n) is 6.83. The van der Waals surface area contributed by atoms with Crippen molar-refractivity contribution in [1.29, 1.82) is 0 Å². The summed E-state index contributed by atoms with van der Waals surface area (Å²) in [6.45, 7) is 4.85. The van der Waals surface area contributed by atoms with Gasteiger partial charge in [-0.3, -0.25) is 0 Å². The second-order valence-corrected chi connectivity index (χ2v) is 12.0. The lowest BCUT2D eigenvalue weighted by molar-refractivity contribution is -0.0609. The van der Waals surface area contributed by atoms with Crippen LogP contribution in [0.1, 0.15) is 35.2 Å². The molecule has 2 heterocycles. The van der Waals surface area contributed by atoms with Gasteiger partial charge in [-0.05, 0) is 56.9 Å². The molecule has 0 atom stereocenters. The fourth-order valence-corrected chi connectivity index (χ4v) is 5.92. The molecule has 8 nitrogen and oxygen atoms in total. The van der Waals surface area contributed by atoms with E-state index in [-0.39, 0.29) is 0 Å². The van der Waals surface area contributed by atoms with Crippen LogP contribution < -0.4 is 15.2 Å². The largest absolute Gasteiger partial charge is 0.488 e. The molecular formula is C30H34FN5O3S. The highest BCUT2D eigenvalue weighted by Gasteiger charge is 2.39. The molecule has 3 aromatic rings. The number of halogens is 1. The van der Waals surface area contributed by atoms with E-state index in [1.165, 1.54) is 12.1 Å². The van der Waals surface area contributed by atoms with E-state index in [1.807, 2.05) is 63.3 Å². The SMILES string of the molecule is Cc1ncc(COc2cc(F)cc(Oc3ccc(C(=C4C(N)=NC=CN4CC4CC(C)(O)C4)N(C)C)cc3)c2)s1. The van der Waals surface area contributed by atoms with Crippen molar-refractivity contribution in [1.82, 2.24) is 14.8 Å². The van der Waals surface area contributed by atoms with Crippen molar-refractivity contribution >= 4 is 22.9 Å². The van der Waals surface area contributed by atoms with Crippen LogP contribution in [0.2, 0.25) is 0 Å². The summed E-state index contributed by atoms with van der Waals surface area (Å²) in [5, 5.41) is 11.1. The standard InChI is InChI=1S/C30H34FN5O3S/c1-19-34-16-26(40-19)18-38-24-11-22(31)12-25(13-24)39-23-7-5-21(6-8-23)27(35(3)4)28-29(32)33-9-10-36(28)17-20-14-30(2,37)15-20/h5-13,16,20,37H,14-15,17-18H2,1-4H3,(H2,32,33). The van der Waals surface area contributed by atoms with Gasteiger partial charge in [0.25, 0.3) is 0 Å². The zero-order valence-electron chi connectivity index (χ0n) is 23.1. The van der Waals surface area contributed by atoms with Crippen molar-refractivity contribution in [2.45, 2.75) is 38.9 Å². The Labute approximate surface area is 237 Å². The Hall–Kier alpha value is -3.89. The number of aromatic nitrogens is 1. The van der Waals surface area contributed by atoms with E-state index in [2.05, 4.69) is 14.9 Å². The number of aliphatic imine (C=N–C) groups is 1. The van der Waals surface area contributed by atoms with Gasteiger partial charge in [0.1, 0.15) is 41.2 Å². The van der Waals surface area contributed by atoms with Gasteiger partial charge >= 0.3 is 0 Å². The maximum Gasteiger partial charge on any atom is 0.149 e. The number of aryl methyl sites for hydroxylation is 1. The third kappa shape index (κ3) is 6.46. The van der Waals surface area contributed by atoms with E-state index in [1.54, 1.807) is 29.8 Å². The summed E-state index contributed by atoms with van der Waals surface area (Å²) >= 11 is 1.54. The topological polar surface area (TPSA) is 96.4 Å². The molecule has 0 spiro atoms. The lowest BCUT2D eigenvalue weighted by Gasteiger charge is -2.44. The zero-order valence-corrected chi connectivity index (χ0v) is 23.9. The van der Waals surface area contributed by atoms with Gasteiger partial charge in [0.05, 0.1) is 21.2 Å². The van der Waals surface area contributed by atoms with E-state index in [4.69, 9.17) is 15.2 Å². The number of nitrogens with two attached hydrogens (primary N) is 1. The normalized spacial score (nSPS) is 21.5. The van der Waals surface area contributed by atoms with Gasteiger partial charge in [-0.2, -0.15) is 0 Å². The number of benzene rings is 2. The highest BCUT2D eigenvalue weighted by atomic mass is 32.1. The van der Waals surface area contributed by atoms with E-state index in [0.29, 0.717) is 35.6 Å². The van der Waals surface area contributed by atoms with Gasteiger partial charge in [-0.1, -0.05) is 0 Å². The van der Waals surface area contributed by atoms with Gasteiger partial charge in [0.2, 0.25) is 0 Å². The van der Waals surface area contributed by atoms with Crippen LogP contribution in [-0.4, -0.2) is 52.0 Å². The minimum absolute atomic E-state index is 0.309. The van der Waals surface area contributed by atoms with Gasteiger partial charge in [-0.25, -0.2) is 14.4 Å². The quantitative estimate of drug-likeness (QED) is 0.355. The highest BCUT2D eigenvalue weighted by molar-refractivity contribution is 7.11. The molecule has 1 saturated carbocycles. The highest BCUT2D eigenvalue weighted by Crippen LogP contribution is 2.39. The predicted octanol–water partition coefficient (Wildman–Crippen LogP) is 5.50. The van der Waals surface area contributed by atoms with Crippen LogP contribution in [0.5, 0.6) is 17.2 Å². The monoisotopic (exact) mass is 563 g/mol. The predicted molar refractivity (Wildman–Crippen MR) is 156 cm³/mol. The summed E-state index contributed by atoms with van der Waals surface area (Å²) in [5.74, 6) is 1.62. The number of nitrogens with zero attached hydrogens (tertiary/aromatic N) is 4. The first kappa shape index (κ1) is 27.7. The Balaban J connectivity index is 1.34. The van der Waals surface area contributed by atoms with Crippen molar-refractivity contribution < 1.29 is 19.0 Å². The Morgan fingerprint density at radius 2 is 1.90 bits per heavy atom. The molecule has 0 amide bonds. The maximum absolute atomic E-state index is 14.3. The van der Waals surface area contributed by atoms with E-state index in [9.17, 15) is 9.50 Å². The first-order valence-corrected chi connectivity index (χ1v) is 13.9. The second-order valence-electron chi connectivity index (χ2n) is 10.7. The minimum Gasteiger partial charge on any atom is -0.488 e. The molecule has 0 saturated heterocycles. The van der Waals surface area contributed by atoms with E-state index < -0.39 is 11.4 Å². The average molecular weight is 564 g/mol. The average Bonchev–Trinajstić information content (AvgIpc) is 3.29. The fourth-order valence-electron chi connectivity index (χ4n) is 5.21. The van der Waals surface area contributed by atoms with Crippen molar-refractivity contribution in [2.24, 2.45) is 16.6 Å². The Kier molecular flexibility index (Phi) is 7.82. The van der Waals surface area contributed by atoms with Crippen molar-refractivity contribution in [3.05, 3.63) is 88.0 Å². The number of ether oxygens (including phenoxy) is 2. The molecule has 10 heteroatoms. The summed E-state index contributed by atoms with van der Waals surface area (Å²) in [7, 11) is 3.93. The molecule has 1 aliphatic heterocycles. The summed E-state index contributed by atoms with van der Waals surface area (Å²) in [5.41, 5.74) is 8.46.